The van der Waals surface area contributed by atoms with Gasteiger partial charge in [0.05, 0.1) is 16.1 Å². The summed E-state index contributed by atoms with van der Waals surface area (Å²) in [5, 5.41) is 4.15. The SMILES string of the molecule is Clc1cccc([C@@H]2[C@@H]3CC=C[C@@H]3c3c4c(cc5ccccc35)[C@H]3C=CC[C@@H]3CN42)c1Cl. The van der Waals surface area contributed by atoms with Crippen molar-refractivity contribution in [1.82, 2.24) is 0 Å². The van der Waals surface area contributed by atoms with Gasteiger partial charge in [0.2, 0.25) is 0 Å². The summed E-state index contributed by atoms with van der Waals surface area (Å²) in [5.74, 6) is 2.05. The van der Waals surface area contributed by atoms with Gasteiger partial charge in [0, 0.05) is 24.1 Å². The van der Waals surface area contributed by atoms with Crippen LogP contribution in [0.4, 0.5) is 5.69 Å². The highest BCUT2D eigenvalue weighted by molar-refractivity contribution is 6.42. The van der Waals surface area contributed by atoms with Gasteiger partial charge < -0.3 is 4.90 Å². The summed E-state index contributed by atoms with van der Waals surface area (Å²) in [4.78, 5) is 2.71. The lowest BCUT2D eigenvalue weighted by Crippen LogP contribution is -2.46. The zero-order valence-corrected chi connectivity index (χ0v) is 18.7. The lowest BCUT2D eigenvalue weighted by atomic mass is 9.69. The highest BCUT2D eigenvalue weighted by Crippen LogP contribution is 2.61. The van der Waals surface area contributed by atoms with Crippen LogP contribution in [0.2, 0.25) is 10.0 Å². The third-order valence-electron chi connectivity index (χ3n) is 8.05. The number of nitrogens with zero attached hydrogens (tertiary/aromatic N) is 1. The van der Waals surface area contributed by atoms with Gasteiger partial charge in [0.15, 0.2) is 0 Å². The summed E-state index contributed by atoms with van der Waals surface area (Å²) in [6.07, 6.45) is 11.9. The standard InChI is InChI=1S/C28H23Cl2N/c29-24-13-5-12-22(26(24)30)27-21-11-4-10-20(21)25-19-8-2-1-6-16(19)14-23-18-9-3-7-17(18)15-31(27)28(23)25/h1-6,8-10,12-14,17-18,20-21,27H,7,11,15H2/t17-,18+,20+,21-,27+/m1/s1. The van der Waals surface area contributed by atoms with E-state index in [0.29, 0.717) is 28.7 Å². The fourth-order valence-corrected chi connectivity index (χ4v) is 7.25. The van der Waals surface area contributed by atoms with E-state index >= 15 is 0 Å². The quantitative estimate of drug-likeness (QED) is 0.343. The molecule has 1 nitrogen and oxygen atoms in total. The van der Waals surface area contributed by atoms with Crippen LogP contribution in [-0.4, -0.2) is 6.54 Å². The van der Waals surface area contributed by atoms with Gasteiger partial charge in [-0.3, -0.25) is 0 Å². The molecule has 5 atom stereocenters. The van der Waals surface area contributed by atoms with Crippen LogP contribution in [0, 0.1) is 11.8 Å². The van der Waals surface area contributed by atoms with Gasteiger partial charge >= 0.3 is 0 Å². The monoisotopic (exact) mass is 443 g/mol. The third kappa shape index (κ3) is 2.45. The Kier molecular flexibility index (Phi) is 3.93. The second kappa shape index (κ2) is 6.64. The summed E-state index contributed by atoms with van der Waals surface area (Å²) in [7, 11) is 0. The van der Waals surface area contributed by atoms with Crippen molar-refractivity contribution in [3.05, 3.63) is 99.6 Å². The second-order valence-electron chi connectivity index (χ2n) is 9.49. The molecule has 2 aliphatic heterocycles. The topological polar surface area (TPSA) is 3.24 Å². The Bertz CT molecular complexity index is 1290. The molecule has 0 bridgehead atoms. The minimum absolute atomic E-state index is 0.250. The Morgan fingerprint density at radius 1 is 0.839 bits per heavy atom. The Morgan fingerprint density at radius 3 is 2.61 bits per heavy atom. The lowest BCUT2D eigenvalue weighted by molar-refractivity contribution is 0.336. The summed E-state index contributed by atoms with van der Waals surface area (Å²) in [6.45, 7) is 1.08. The maximum Gasteiger partial charge on any atom is 0.0645 e. The predicted molar refractivity (Wildman–Crippen MR) is 130 cm³/mol. The number of hydrogen-bond acceptors (Lipinski definition) is 1. The van der Waals surface area contributed by atoms with Crippen molar-refractivity contribution in [3.8, 4) is 0 Å². The Labute approximate surface area is 193 Å². The van der Waals surface area contributed by atoms with Gasteiger partial charge in [-0.2, -0.15) is 0 Å². The fraction of sp³-hybridized carbons (Fsp3) is 0.286. The molecular weight excluding hydrogens is 421 g/mol. The Hall–Kier alpha value is -2.22. The molecular formula is C28H23Cl2N. The van der Waals surface area contributed by atoms with E-state index in [0.717, 1.165) is 24.4 Å². The van der Waals surface area contributed by atoms with E-state index < -0.39 is 0 Å². The molecule has 0 unspecified atom stereocenters. The largest absolute Gasteiger partial charge is 0.363 e. The van der Waals surface area contributed by atoms with E-state index in [-0.39, 0.29) is 6.04 Å². The van der Waals surface area contributed by atoms with Crippen molar-refractivity contribution < 1.29 is 0 Å². The van der Waals surface area contributed by atoms with Crippen LogP contribution in [0.5, 0.6) is 0 Å². The van der Waals surface area contributed by atoms with Crippen molar-refractivity contribution in [2.24, 2.45) is 11.8 Å². The highest BCUT2D eigenvalue weighted by Gasteiger charge is 2.48. The van der Waals surface area contributed by atoms with Crippen molar-refractivity contribution in [2.45, 2.75) is 30.7 Å². The van der Waals surface area contributed by atoms with E-state index in [2.05, 4.69) is 71.7 Å². The number of benzene rings is 3. The van der Waals surface area contributed by atoms with Crippen LogP contribution in [0.25, 0.3) is 10.8 Å². The summed E-state index contributed by atoms with van der Waals surface area (Å²) in [6, 6.07) is 17.8. The van der Waals surface area contributed by atoms with Crippen molar-refractivity contribution in [1.29, 1.82) is 0 Å². The average Bonchev–Trinajstić information content (AvgIpc) is 3.45. The van der Waals surface area contributed by atoms with Crippen molar-refractivity contribution >= 4 is 39.7 Å². The first kappa shape index (κ1) is 18.4. The number of halogens is 2. The average molecular weight is 444 g/mol. The Morgan fingerprint density at radius 2 is 1.68 bits per heavy atom. The number of hydrogen-bond donors (Lipinski definition) is 0. The second-order valence-corrected chi connectivity index (χ2v) is 10.3. The normalized spacial score (nSPS) is 29.9. The zero-order chi connectivity index (χ0) is 20.7. The molecule has 31 heavy (non-hydrogen) atoms. The number of anilines is 1. The van der Waals surface area contributed by atoms with E-state index in [1.54, 1.807) is 0 Å². The number of allylic oxidation sites excluding steroid dienone is 4. The van der Waals surface area contributed by atoms with E-state index in [1.165, 1.54) is 33.2 Å². The molecule has 0 saturated heterocycles. The lowest BCUT2D eigenvalue weighted by Gasteiger charge is -2.52. The molecule has 4 aliphatic rings. The number of rotatable bonds is 1. The third-order valence-corrected chi connectivity index (χ3v) is 8.88. The van der Waals surface area contributed by atoms with Gasteiger partial charge in [0.1, 0.15) is 0 Å². The summed E-state index contributed by atoms with van der Waals surface area (Å²) in [5.41, 5.74) is 5.67. The minimum Gasteiger partial charge on any atom is -0.363 e. The summed E-state index contributed by atoms with van der Waals surface area (Å²) >= 11 is 13.3. The smallest absolute Gasteiger partial charge is 0.0645 e. The van der Waals surface area contributed by atoms with Crippen LogP contribution in [0.3, 0.4) is 0 Å². The molecule has 154 valence electrons. The van der Waals surface area contributed by atoms with Crippen molar-refractivity contribution in [3.63, 3.8) is 0 Å². The van der Waals surface area contributed by atoms with Crippen LogP contribution in [0.1, 0.15) is 47.4 Å². The Balaban J connectivity index is 1.56. The van der Waals surface area contributed by atoms with E-state index in [9.17, 15) is 0 Å². The maximum absolute atomic E-state index is 6.84. The van der Waals surface area contributed by atoms with Crippen LogP contribution in [-0.2, 0) is 0 Å². The van der Waals surface area contributed by atoms with Crippen LogP contribution in [0.15, 0.2) is 72.8 Å². The molecule has 3 aromatic carbocycles. The van der Waals surface area contributed by atoms with Crippen LogP contribution >= 0.6 is 23.2 Å². The fourth-order valence-electron chi connectivity index (χ4n) is 6.83. The first-order valence-electron chi connectivity index (χ1n) is 11.3. The molecule has 0 saturated carbocycles. The van der Waals surface area contributed by atoms with Gasteiger partial charge in [0.25, 0.3) is 0 Å². The van der Waals surface area contributed by atoms with Gasteiger partial charge in [-0.05, 0) is 64.3 Å². The minimum atomic E-state index is 0.250. The molecule has 0 spiro atoms. The molecule has 2 aliphatic carbocycles. The molecule has 0 radical (unpaired) electrons. The first-order chi connectivity index (χ1) is 15.2. The van der Waals surface area contributed by atoms with E-state index in [4.69, 9.17) is 23.2 Å². The summed E-state index contributed by atoms with van der Waals surface area (Å²) < 4.78 is 0. The molecule has 3 heteroatoms. The molecule has 7 rings (SSSR count). The van der Waals surface area contributed by atoms with Gasteiger partial charge in [-0.25, -0.2) is 0 Å². The maximum atomic E-state index is 6.84. The molecule has 0 N–H and O–H groups in total. The first-order valence-corrected chi connectivity index (χ1v) is 12.1. The number of fused-ring (bicyclic) bond motifs is 6. The predicted octanol–water partition coefficient (Wildman–Crippen LogP) is 8.04. The molecule has 2 heterocycles. The molecule has 0 amide bonds. The molecule has 0 fully saturated rings. The zero-order valence-electron chi connectivity index (χ0n) is 17.1. The van der Waals surface area contributed by atoms with Crippen LogP contribution < -0.4 is 4.90 Å². The highest BCUT2D eigenvalue weighted by atomic mass is 35.5. The van der Waals surface area contributed by atoms with Gasteiger partial charge in [-0.15, -0.1) is 0 Å². The van der Waals surface area contributed by atoms with Gasteiger partial charge in [-0.1, -0.05) is 83.9 Å². The van der Waals surface area contributed by atoms with Crippen molar-refractivity contribution in [2.75, 3.05) is 11.4 Å². The van der Waals surface area contributed by atoms with E-state index in [1.807, 2.05) is 6.07 Å². The molecule has 0 aromatic heterocycles. The molecule has 3 aromatic rings.